The molecule has 1 fully saturated rings. The van der Waals surface area contributed by atoms with Crippen LogP contribution in [0.15, 0.2) is 42.7 Å². The van der Waals surface area contributed by atoms with E-state index in [1.54, 1.807) is 19.5 Å². The summed E-state index contributed by atoms with van der Waals surface area (Å²) in [5.41, 5.74) is 1.40. The summed E-state index contributed by atoms with van der Waals surface area (Å²) >= 11 is 0. The maximum Gasteiger partial charge on any atom is 0.253 e. The minimum Gasteiger partial charge on any atom is -0.497 e. The van der Waals surface area contributed by atoms with Crippen LogP contribution in [0.2, 0.25) is 0 Å². The van der Waals surface area contributed by atoms with Crippen molar-refractivity contribution in [3.05, 3.63) is 48.3 Å². The van der Waals surface area contributed by atoms with Gasteiger partial charge in [0.25, 0.3) is 5.91 Å². The highest BCUT2D eigenvalue weighted by Gasteiger charge is 2.16. The lowest BCUT2D eigenvalue weighted by molar-refractivity contribution is 0.0933. The number of methoxy groups -OCH3 is 1. The zero-order chi connectivity index (χ0) is 19.6. The number of carbonyl (C=O) groups excluding carboxylic acids is 1. The molecule has 1 amide bonds. The van der Waals surface area contributed by atoms with E-state index in [9.17, 15) is 4.79 Å². The van der Waals surface area contributed by atoms with Crippen LogP contribution in [0.1, 0.15) is 48.9 Å². The molecule has 6 nitrogen and oxygen atoms in total. The van der Waals surface area contributed by atoms with Gasteiger partial charge in [0, 0.05) is 25.0 Å². The summed E-state index contributed by atoms with van der Waals surface area (Å²) in [6.45, 7) is 1.12. The van der Waals surface area contributed by atoms with E-state index < -0.39 is 0 Å². The summed E-state index contributed by atoms with van der Waals surface area (Å²) in [6, 6.07) is 9.60. The Morgan fingerprint density at radius 1 is 1.07 bits per heavy atom. The quantitative estimate of drug-likeness (QED) is 0.532. The Labute approximate surface area is 166 Å². The number of aromatic nitrogens is 1. The molecule has 0 saturated heterocycles. The Bertz CT molecular complexity index is 741. The third kappa shape index (κ3) is 6.15. The molecule has 0 radical (unpaired) electrons. The fourth-order valence-electron chi connectivity index (χ4n) is 3.39. The number of anilines is 1. The molecule has 28 heavy (non-hydrogen) atoms. The predicted octanol–water partition coefficient (Wildman–Crippen LogP) is 4.03. The van der Waals surface area contributed by atoms with Crippen molar-refractivity contribution in [1.29, 1.82) is 0 Å². The van der Waals surface area contributed by atoms with Crippen LogP contribution in [0.3, 0.4) is 0 Å². The molecule has 3 rings (SSSR count). The van der Waals surface area contributed by atoms with Crippen molar-refractivity contribution in [1.82, 2.24) is 10.3 Å². The maximum atomic E-state index is 12.5. The number of benzene rings is 1. The molecule has 6 heteroatoms. The summed E-state index contributed by atoms with van der Waals surface area (Å²) in [4.78, 5) is 16.7. The van der Waals surface area contributed by atoms with Gasteiger partial charge in [-0.1, -0.05) is 25.7 Å². The van der Waals surface area contributed by atoms with Gasteiger partial charge in [-0.2, -0.15) is 0 Å². The predicted molar refractivity (Wildman–Crippen MR) is 110 cm³/mol. The molecule has 1 saturated carbocycles. The molecular weight excluding hydrogens is 354 g/mol. The Balaban J connectivity index is 1.45. The highest BCUT2D eigenvalue weighted by molar-refractivity contribution is 5.94. The Hall–Kier alpha value is -2.76. The lowest BCUT2D eigenvalue weighted by atomic mass is 10.1. The van der Waals surface area contributed by atoms with Crippen molar-refractivity contribution in [3.8, 4) is 11.5 Å². The molecule has 1 aromatic carbocycles. The van der Waals surface area contributed by atoms with Gasteiger partial charge in [0.1, 0.15) is 18.1 Å². The van der Waals surface area contributed by atoms with Crippen molar-refractivity contribution >= 4 is 11.6 Å². The Morgan fingerprint density at radius 3 is 2.50 bits per heavy atom. The second-order valence-corrected chi connectivity index (χ2v) is 7.08. The zero-order valence-electron chi connectivity index (χ0n) is 16.4. The molecule has 0 bridgehead atoms. The third-order valence-electron chi connectivity index (χ3n) is 4.95. The van der Waals surface area contributed by atoms with Crippen LogP contribution in [-0.2, 0) is 0 Å². The van der Waals surface area contributed by atoms with Crippen LogP contribution in [0.4, 0.5) is 5.69 Å². The molecule has 1 heterocycles. The number of pyridine rings is 1. The van der Waals surface area contributed by atoms with E-state index in [-0.39, 0.29) is 11.9 Å². The molecular formula is C22H29N3O3. The van der Waals surface area contributed by atoms with Crippen LogP contribution in [0.5, 0.6) is 11.5 Å². The van der Waals surface area contributed by atoms with Crippen molar-refractivity contribution in [3.63, 3.8) is 0 Å². The normalized spacial score (nSPS) is 14.8. The van der Waals surface area contributed by atoms with E-state index in [0.717, 1.165) is 30.0 Å². The average Bonchev–Trinajstić information content (AvgIpc) is 3.00. The fraction of sp³-hybridized carbons (Fsp3) is 0.455. The van der Waals surface area contributed by atoms with Gasteiger partial charge in [-0.25, -0.2) is 0 Å². The summed E-state index contributed by atoms with van der Waals surface area (Å²) in [7, 11) is 1.64. The van der Waals surface area contributed by atoms with Crippen molar-refractivity contribution in [2.75, 3.05) is 25.6 Å². The van der Waals surface area contributed by atoms with E-state index in [1.165, 1.54) is 25.7 Å². The molecule has 1 aromatic heterocycles. The van der Waals surface area contributed by atoms with Gasteiger partial charge < -0.3 is 20.1 Å². The minimum atomic E-state index is -0.0440. The smallest absolute Gasteiger partial charge is 0.253 e. The first-order valence-electron chi connectivity index (χ1n) is 10.0. The number of amides is 1. The van der Waals surface area contributed by atoms with Gasteiger partial charge in [0.2, 0.25) is 0 Å². The number of rotatable bonds is 8. The van der Waals surface area contributed by atoms with Gasteiger partial charge in [-0.15, -0.1) is 0 Å². The second-order valence-electron chi connectivity index (χ2n) is 7.08. The van der Waals surface area contributed by atoms with Gasteiger partial charge in [-0.05, 0) is 43.2 Å². The van der Waals surface area contributed by atoms with Crippen molar-refractivity contribution in [2.24, 2.45) is 0 Å². The molecule has 150 valence electrons. The molecule has 0 spiro atoms. The number of carbonyl (C=O) groups is 1. The van der Waals surface area contributed by atoms with Gasteiger partial charge >= 0.3 is 0 Å². The minimum absolute atomic E-state index is 0.0440. The molecule has 2 N–H and O–H groups in total. The first kappa shape index (κ1) is 20.0. The van der Waals surface area contributed by atoms with E-state index in [2.05, 4.69) is 15.6 Å². The number of hydrogen-bond donors (Lipinski definition) is 2. The highest BCUT2D eigenvalue weighted by Crippen LogP contribution is 2.18. The molecule has 1 aliphatic rings. The fourth-order valence-corrected chi connectivity index (χ4v) is 3.39. The van der Waals surface area contributed by atoms with Crippen LogP contribution in [0, 0.1) is 0 Å². The zero-order valence-corrected chi connectivity index (χ0v) is 16.4. The van der Waals surface area contributed by atoms with Crippen LogP contribution < -0.4 is 20.1 Å². The van der Waals surface area contributed by atoms with Crippen LogP contribution in [-0.4, -0.2) is 37.2 Å². The number of nitrogens with zero attached hydrogens (tertiary/aromatic N) is 1. The maximum absolute atomic E-state index is 12.5. The summed E-state index contributed by atoms with van der Waals surface area (Å²) in [5.74, 6) is 1.55. The molecule has 2 aromatic rings. The summed E-state index contributed by atoms with van der Waals surface area (Å²) in [6.07, 6.45) is 10.4. The van der Waals surface area contributed by atoms with E-state index >= 15 is 0 Å². The molecule has 1 aliphatic carbocycles. The topological polar surface area (TPSA) is 72.5 Å². The third-order valence-corrected chi connectivity index (χ3v) is 4.95. The van der Waals surface area contributed by atoms with Gasteiger partial charge in [0.15, 0.2) is 0 Å². The monoisotopic (exact) mass is 383 g/mol. The first-order chi connectivity index (χ1) is 13.7. The van der Waals surface area contributed by atoms with E-state index in [0.29, 0.717) is 18.7 Å². The van der Waals surface area contributed by atoms with Gasteiger partial charge in [0.05, 0.1) is 18.4 Å². The number of ether oxygens (including phenoxy) is 2. The first-order valence-corrected chi connectivity index (χ1v) is 10.0. The number of nitrogens with one attached hydrogen (secondary N) is 2. The molecule has 0 unspecified atom stereocenters. The van der Waals surface area contributed by atoms with Gasteiger partial charge in [-0.3, -0.25) is 9.78 Å². The van der Waals surface area contributed by atoms with Crippen LogP contribution >= 0.6 is 0 Å². The standard InChI is InChI=1S/C22H29N3O3/c1-27-20-8-10-21(11-9-20)28-13-12-24-19-14-17(15-23-16-19)22(26)25-18-6-4-2-3-5-7-18/h8-11,14-16,18,24H,2-7,12-13H2,1H3,(H,25,26). The second kappa shape index (κ2) is 10.5. The van der Waals surface area contributed by atoms with E-state index in [4.69, 9.17) is 9.47 Å². The van der Waals surface area contributed by atoms with Crippen molar-refractivity contribution < 1.29 is 14.3 Å². The van der Waals surface area contributed by atoms with Crippen LogP contribution in [0.25, 0.3) is 0 Å². The highest BCUT2D eigenvalue weighted by atomic mass is 16.5. The summed E-state index contributed by atoms with van der Waals surface area (Å²) in [5, 5.41) is 6.41. The summed E-state index contributed by atoms with van der Waals surface area (Å²) < 4.78 is 10.8. The lowest BCUT2D eigenvalue weighted by Crippen LogP contribution is -2.34. The Morgan fingerprint density at radius 2 is 1.79 bits per heavy atom. The largest absolute Gasteiger partial charge is 0.497 e. The SMILES string of the molecule is COc1ccc(OCCNc2cncc(C(=O)NC3CCCCCC3)c2)cc1. The van der Waals surface area contributed by atoms with E-state index in [1.807, 2.05) is 30.3 Å². The molecule has 0 aliphatic heterocycles. The lowest BCUT2D eigenvalue weighted by Gasteiger charge is -2.16. The Kier molecular flexibility index (Phi) is 7.53. The molecule has 0 atom stereocenters. The van der Waals surface area contributed by atoms with Crippen molar-refractivity contribution in [2.45, 2.75) is 44.6 Å². The average molecular weight is 383 g/mol. The number of hydrogen-bond acceptors (Lipinski definition) is 5.